The second kappa shape index (κ2) is 7.85. The van der Waals surface area contributed by atoms with Gasteiger partial charge in [-0.25, -0.2) is 4.39 Å². The van der Waals surface area contributed by atoms with E-state index < -0.39 is 40.5 Å². The van der Waals surface area contributed by atoms with Gasteiger partial charge in [-0.2, -0.15) is 22.0 Å². The van der Waals surface area contributed by atoms with Crippen LogP contribution in [-0.4, -0.2) is 5.91 Å². The lowest BCUT2D eigenvalue weighted by molar-refractivity contribution is -0.140. The normalized spacial score (nSPS) is 12.0. The molecular weight excluding hydrogens is 408 g/mol. The molecule has 1 amide bonds. The Labute approximate surface area is 168 Å². The van der Waals surface area contributed by atoms with Crippen LogP contribution in [0.5, 0.6) is 0 Å². The zero-order valence-electron chi connectivity index (χ0n) is 15.5. The first-order valence-electron chi connectivity index (χ1n) is 8.73. The third-order valence-electron chi connectivity index (χ3n) is 4.53. The maximum absolute atomic E-state index is 14.8. The van der Waals surface area contributed by atoms with Crippen LogP contribution in [0.2, 0.25) is 0 Å². The second-order valence-electron chi connectivity index (χ2n) is 6.58. The zero-order valence-corrected chi connectivity index (χ0v) is 15.5. The molecule has 1 N–H and O–H groups in total. The third-order valence-corrected chi connectivity index (χ3v) is 4.53. The van der Waals surface area contributed by atoms with Crippen LogP contribution in [0.4, 0.5) is 32.0 Å². The predicted molar refractivity (Wildman–Crippen MR) is 100.0 cm³/mol. The van der Waals surface area contributed by atoms with Gasteiger partial charge in [0.2, 0.25) is 0 Å². The Balaban J connectivity index is 1.88. The SMILES string of the molecule is Cc1cccc(F)c1C(=O)Nc1ccc(C(F)(F)c2ccccc2C(F)(F)F)cc1. The molecule has 0 saturated carbocycles. The summed E-state index contributed by atoms with van der Waals surface area (Å²) < 4.78 is 82.9. The fraction of sp³-hybridized carbons (Fsp3) is 0.136. The molecule has 3 aromatic rings. The van der Waals surface area contributed by atoms with Crippen molar-refractivity contribution in [1.82, 2.24) is 0 Å². The van der Waals surface area contributed by atoms with E-state index in [0.717, 1.165) is 48.5 Å². The number of alkyl halides is 5. The molecule has 0 aliphatic carbocycles. The van der Waals surface area contributed by atoms with Gasteiger partial charge in [-0.05, 0) is 36.8 Å². The summed E-state index contributed by atoms with van der Waals surface area (Å²) in [5.41, 5.74) is -2.99. The highest BCUT2D eigenvalue weighted by Gasteiger charge is 2.43. The van der Waals surface area contributed by atoms with Crippen molar-refractivity contribution in [3.8, 4) is 0 Å². The van der Waals surface area contributed by atoms with E-state index in [-0.39, 0.29) is 11.3 Å². The molecule has 3 aromatic carbocycles. The van der Waals surface area contributed by atoms with Crippen molar-refractivity contribution in [2.45, 2.75) is 19.0 Å². The smallest absolute Gasteiger partial charge is 0.322 e. The lowest BCUT2D eigenvalue weighted by Gasteiger charge is -2.22. The van der Waals surface area contributed by atoms with Crippen LogP contribution in [0.3, 0.4) is 0 Å². The van der Waals surface area contributed by atoms with Crippen molar-refractivity contribution in [3.05, 3.63) is 100 Å². The van der Waals surface area contributed by atoms with Crippen molar-refractivity contribution >= 4 is 11.6 Å². The maximum atomic E-state index is 14.8. The number of anilines is 1. The highest BCUT2D eigenvalue weighted by molar-refractivity contribution is 6.05. The molecule has 0 saturated heterocycles. The molecule has 0 unspecified atom stereocenters. The maximum Gasteiger partial charge on any atom is 0.416 e. The summed E-state index contributed by atoms with van der Waals surface area (Å²) in [6.45, 7) is 1.54. The standard InChI is InChI=1S/C22H15F6NO/c1-13-5-4-8-18(23)19(13)20(30)29-15-11-9-14(10-12-15)21(24,25)16-6-2-3-7-17(16)22(26,27)28/h2-12H,1H3,(H,29,30). The Morgan fingerprint density at radius 2 is 1.40 bits per heavy atom. The van der Waals surface area contributed by atoms with Crippen molar-refractivity contribution in [1.29, 1.82) is 0 Å². The minimum Gasteiger partial charge on any atom is -0.322 e. The number of benzene rings is 3. The molecule has 0 aliphatic heterocycles. The van der Waals surface area contributed by atoms with Crippen LogP contribution in [0.25, 0.3) is 0 Å². The van der Waals surface area contributed by atoms with Crippen LogP contribution in [0.1, 0.15) is 32.6 Å². The number of hydrogen-bond acceptors (Lipinski definition) is 1. The van der Waals surface area contributed by atoms with Gasteiger partial charge in [-0.3, -0.25) is 4.79 Å². The van der Waals surface area contributed by atoms with Gasteiger partial charge in [0, 0.05) is 16.8 Å². The average molecular weight is 423 g/mol. The largest absolute Gasteiger partial charge is 0.416 e. The van der Waals surface area contributed by atoms with Gasteiger partial charge in [-0.15, -0.1) is 0 Å². The van der Waals surface area contributed by atoms with E-state index in [1.165, 1.54) is 6.07 Å². The van der Waals surface area contributed by atoms with Gasteiger partial charge in [0.15, 0.2) is 0 Å². The van der Waals surface area contributed by atoms with Crippen molar-refractivity contribution in [2.75, 3.05) is 5.32 Å². The van der Waals surface area contributed by atoms with Crippen LogP contribution < -0.4 is 5.32 Å². The number of aryl methyl sites for hydroxylation is 1. The number of carbonyl (C=O) groups excluding carboxylic acids is 1. The number of nitrogens with one attached hydrogen (secondary N) is 1. The van der Waals surface area contributed by atoms with Crippen LogP contribution in [0.15, 0.2) is 66.7 Å². The van der Waals surface area contributed by atoms with E-state index in [1.807, 2.05) is 0 Å². The Morgan fingerprint density at radius 3 is 1.97 bits per heavy atom. The highest BCUT2D eigenvalue weighted by atomic mass is 19.4. The van der Waals surface area contributed by atoms with Crippen LogP contribution in [0, 0.1) is 12.7 Å². The number of carbonyl (C=O) groups is 1. The van der Waals surface area contributed by atoms with Crippen molar-refractivity contribution in [3.63, 3.8) is 0 Å². The van der Waals surface area contributed by atoms with Crippen LogP contribution in [-0.2, 0) is 12.1 Å². The molecule has 0 heterocycles. The molecule has 0 fully saturated rings. The first-order chi connectivity index (χ1) is 14.0. The average Bonchev–Trinajstić information content (AvgIpc) is 2.67. The summed E-state index contributed by atoms with van der Waals surface area (Å²) in [6, 6.07) is 11.6. The van der Waals surface area contributed by atoms with E-state index in [4.69, 9.17) is 0 Å². The van der Waals surface area contributed by atoms with E-state index in [0.29, 0.717) is 11.6 Å². The van der Waals surface area contributed by atoms with Crippen LogP contribution >= 0.6 is 0 Å². The summed E-state index contributed by atoms with van der Waals surface area (Å²) in [6.07, 6.45) is -4.94. The Kier molecular flexibility index (Phi) is 5.61. The first kappa shape index (κ1) is 21.4. The minimum absolute atomic E-state index is 0.0892. The molecule has 0 spiro atoms. The molecule has 0 atom stereocenters. The monoisotopic (exact) mass is 423 g/mol. The molecule has 156 valence electrons. The molecule has 0 aromatic heterocycles. The Morgan fingerprint density at radius 1 is 0.800 bits per heavy atom. The van der Waals surface area contributed by atoms with Gasteiger partial charge in [0.25, 0.3) is 11.8 Å². The topological polar surface area (TPSA) is 29.1 Å². The fourth-order valence-corrected chi connectivity index (χ4v) is 3.04. The van der Waals surface area contributed by atoms with Gasteiger partial charge in [0.1, 0.15) is 5.82 Å². The third kappa shape index (κ3) is 4.17. The lowest BCUT2D eigenvalue weighted by atomic mass is 9.95. The van der Waals surface area contributed by atoms with Gasteiger partial charge in [0.05, 0.1) is 11.1 Å². The quantitative estimate of drug-likeness (QED) is 0.474. The second-order valence-corrected chi connectivity index (χ2v) is 6.58. The molecule has 3 rings (SSSR count). The molecule has 0 radical (unpaired) electrons. The highest BCUT2D eigenvalue weighted by Crippen LogP contribution is 2.43. The summed E-state index contributed by atoms with van der Waals surface area (Å²) in [7, 11) is 0. The van der Waals surface area contributed by atoms with Crippen molar-refractivity contribution in [2.24, 2.45) is 0 Å². The molecule has 2 nitrogen and oxygen atoms in total. The number of halogens is 6. The first-order valence-corrected chi connectivity index (χ1v) is 8.73. The van der Waals surface area contributed by atoms with Gasteiger partial charge >= 0.3 is 6.18 Å². The van der Waals surface area contributed by atoms with E-state index in [1.54, 1.807) is 13.0 Å². The summed E-state index contributed by atoms with van der Waals surface area (Å²) in [5.74, 6) is -5.43. The molecular formula is C22H15F6NO. The van der Waals surface area contributed by atoms with Gasteiger partial charge in [-0.1, -0.05) is 42.5 Å². The molecule has 0 aliphatic rings. The molecule has 0 bridgehead atoms. The Bertz CT molecular complexity index is 1050. The minimum atomic E-state index is -4.94. The summed E-state index contributed by atoms with van der Waals surface area (Å²) >= 11 is 0. The lowest BCUT2D eigenvalue weighted by Crippen LogP contribution is -2.21. The number of hydrogen-bond donors (Lipinski definition) is 1. The van der Waals surface area contributed by atoms with Crippen molar-refractivity contribution < 1.29 is 31.1 Å². The summed E-state index contributed by atoms with van der Waals surface area (Å²) in [4.78, 5) is 12.3. The molecule has 8 heteroatoms. The van der Waals surface area contributed by atoms with E-state index in [2.05, 4.69) is 5.32 Å². The Hall–Kier alpha value is -3.29. The molecule has 30 heavy (non-hydrogen) atoms. The van der Waals surface area contributed by atoms with E-state index >= 15 is 0 Å². The predicted octanol–water partition coefficient (Wildman–Crippen LogP) is 6.55. The fourth-order valence-electron chi connectivity index (χ4n) is 3.04. The number of amides is 1. The van der Waals surface area contributed by atoms with E-state index in [9.17, 15) is 31.1 Å². The summed E-state index contributed by atoms with van der Waals surface area (Å²) in [5, 5.41) is 2.39. The van der Waals surface area contributed by atoms with Gasteiger partial charge < -0.3 is 5.32 Å². The zero-order chi connectivity index (χ0) is 22.1. The number of rotatable bonds is 4.